The molecule has 0 fully saturated rings. The molecule has 4 nitrogen and oxygen atoms in total. The minimum absolute atomic E-state index is 0.0647. The van der Waals surface area contributed by atoms with Crippen molar-refractivity contribution < 1.29 is 14.3 Å². The third-order valence-electron chi connectivity index (χ3n) is 4.66. The number of carbonyl (C=O) groups excluding carboxylic acids is 2. The van der Waals surface area contributed by atoms with E-state index in [9.17, 15) is 9.59 Å². The molecule has 0 saturated carbocycles. The largest absolute Gasteiger partial charge is 0.491 e. The number of ether oxygens (including phenoxy) is 1. The van der Waals surface area contributed by atoms with E-state index in [1.807, 2.05) is 50.2 Å². The summed E-state index contributed by atoms with van der Waals surface area (Å²) in [5.41, 5.74) is 1.17. The monoisotopic (exact) mass is 443 g/mol. The number of amides is 2. The van der Waals surface area contributed by atoms with Crippen molar-refractivity contribution in [2.45, 2.75) is 51.0 Å². The van der Waals surface area contributed by atoms with Crippen LogP contribution < -0.4 is 4.74 Å². The van der Waals surface area contributed by atoms with Crippen molar-refractivity contribution in [3.05, 3.63) is 64.0 Å². The van der Waals surface area contributed by atoms with E-state index in [0.717, 1.165) is 35.5 Å². The Balaban J connectivity index is 1.95. The average Bonchev–Trinajstić information content (AvgIpc) is 2.94. The number of rotatable bonds is 9. The van der Waals surface area contributed by atoms with Gasteiger partial charge >= 0.3 is 0 Å². The fraction of sp³-hybridized carbons (Fsp3) is 0.333. The molecule has 3 rings (SSSR count). The van der Waals surface area contributed by atoms with Crippen LogP contribution in [0.2, 0.25) is 5.02 Å². The zero-order valence-corrected chi connectivity index (χ0v) is 19.1. The second-order valence-corrected chi connectivity index (χ2v) is 8.94. The second kappa shape index (κ2) is 10.2. The zero-order valence-electron chi connectivity index (χ0n) is 17.5. The van der Waals surface area contributed by atoms with Gasteiger partial charge in [-0.15, -0.1) is 0 Å². The van der Waals surface area contributed by atoms with Crippen LogP contribution in [0, 0.1) is 0 Å². The third kappa shape index (κ3) is 5.27. The Labute approximate surface area is 187 Å². The van der Waals surface area contributed by atoms with Crippen LogP contribution >= 0.6 is 23.4 Å². The van der Waals surface area contributed by atoms with E-state index in [4.69, 9.17) is 16.3 Å². The predicted molar refractivity (Wildman–Crippen MR) is 123 cm³/mol. The molecule has 2 amide bonds. The molecule has 158 valence electrons. The van der Waals surface area contributed by atoms with Crippen molar-refractivity contribution in [3.63, 3.8) is 0 Å². The van der Waals surface area contributed by atoms with Gasteiger partial charge in [-0.1, -0.05) is 55.3 Å². The quantitative estimate of drug-likeness (QED) is 0.342. The van der Waals surface area contributed by atoms with Crippen LogP contribution in [0.5, 0.6) is 5.75 Å². The van der Waals surface area contributed by atoms with Crippen molar-refractivity contribution in [1.29, 1.82) is 0 Å². The van der Waals surface area contributed by atoms with E-state index in [1.54, 1.807) is 12.1 Å². The average molecular weight is 444 g/mol. The molecule has 30 heavy (non-hydrogen) atoms. The number of imide groups is 1. The summed E-state index contributed by atoms with van der Waals surface area (Å²) in [6.07, 6.45) is 2.88. The Morgan fingerprint density at radius 2 is 1.63 bits per heavy atom. The molecule has 0 atom stereocenters. The van der Waals surface area contributed by atoms with Gasteiger partial charge in [0.05, 0.1) is 16.6 Å². The molecule has 0 spiro atoms. The van der Waals surface area contributed by atoms with Gasteiger partial charge in [-0.05, 0) is 62.2 Å². The van der Waals surface area contributed by atoms with E-state index in [0.29, 0.717) is 22.0 Å². The van der Waals surface area contributed by atoms with Gasteiger partial charge < -0.3 is 4.74 Å². The fourth-order valence-electron chi connectivity index (χ4n) is 3.22. The van der Waals surface area contributed by atoms with Crippen LogP contribution in [-0.2, 0) is 9.59 Å². The highest BCUT2D eigenvalue weighted by atomic mass is 35.5. The SMILES string of the molecule is CCCCCN1C(=O)C(Sc2ccc(Cl)cc2)=C(c2ccc(OC(C)C)cc2)C1=O. The second-order valence-electron chi connectivity index (χ2n) is 7.42. The van der Waals surface area contributed by atoms with Crippen LogP contribution in [0.1, 0.15) is 45.6 Å². The van der Waals surface area contributed by atoms with Gasteiger partial charge in [-0.2, -0.15) is 0 Å². The minimum atomic E-state index is -0.231. The van der Waals surface area contributed by atoms with Crippen molar-refractivity contribution in [1.82, 2.24) is 4.90 Å². The van der Waals surface area contributed by atoms with Gasteiger partial charge in [0.15, 0.2) is 0 Å². The Hall–Kier alpha value is -2.24. The molecular weight excluding hydrogens is 418 g/mol. The molecular formula is C24H26ClNO3S. The van der Waals surface area contributed by atoms with Crippen LogP contribution in [0.15, 0.2) is 58.3 Å². The van der Waals surface area contributed by atoms with Crippen molar-refractivity contribution in [3.8, 4) is 5.75 Å². The first-order valence-corrected chi connectivity index (χ1v) is 11.4. The number of halogens is 1. The summed E-state index contributed by atoms with van der Waals surface area (Å²) < 4.78 is 5.70. The number of thioether (sulfide) groups is 1. The van der Waals surface area contributed by atoms with Gasteiger partial charge in [0.25, 0.3) is 11.8 Å². The van der Waals surface area contributed by atoms with Crippen LogP contribution in [-0.4, -0.2) is 29.4 Å². The molecule has 0 saturated heterocycles. The van der Waals surface area contributed by atoms with E-state index >= 15 is 0 Å². The Kier molecular flexibility index (Phi) is 7.62. The Morgan fingerprint density at radius 1 is 0.967 bits per heavy atom. The molecule has 0 radical (unpaired) electrons. The highest BCUT2D eigenvalue weighted by Crippen LogP contribution is 2.40. The molecule has 1 aliphatic heterocycles. The first-order valence-electron chi connectivity index (χ1n) is 10.2. The first-order chi connectivity index (χ1) is 14.4. The van der Waals surface area contributed by atoms with Crippen LogP contribution in [0.4, 0.5) is 0 Å². The lowest BCUT2D eigenvalue weighted by Gasteiger charge is -2.15. The number of hydrogen-bond donors (Lipinski definition) is 0. The maximum atomic E-state index is 13.2. The lowest BCUT2D eigenvalue weighted by Crippen LogP contribution is -2.32. The lowest BCUT2D eigenvalue weighted by molar-refractivity contribution is -0.136. The molecule has 0 aromatic heterocycles. The number of unbranched alkanes of at least 4 members (excludes halogenated alkanes) is 2. The number of hydrogen-bond acceptors (Lipinski definition) is 4. The summed E-state index contributed by atoms with van der Waals surface area (Å²) in [4.78, 5) is 29.1. The summed E-state index contributed by atoms with van der Waals surface area (Å²) in [5, 5.41) is 0.629. The molecule has 1 aliphatic rings. The molecule has 2 aromatic carbocycles. The van der Waals surface area contributed by atoms with Crippen molar-refractivity contribution >= 4 is 40.8 Å². The van der Waals surface area contributed by atoms with Crippen molar-refractivity contribution in [2.24, 2.45) is 0 Å². The first kappa shape index (κ1) is 22.4. The topological polar surface area (TPSA) is 46.6 Å². The summed E-state index contributed by atoms with van der Waals surface area (Å²) in [5.74, 6) is 0.275. The summed E-state index contributed by atoms with van der Waals surface area (Å²) in [6.45, 7) is 6.46. The Bertz CT molecular complexity index is 936. The highest BCUT2D eigenvalue weighted by Gasteiger charge is 2.39. The van der Waals surface area contributed by atoms with Gasteiger partial charge in [-0.3, -0.25) is 14.5 Å². The smallest absolute Gasteiger partial charge is 0.268 e. The molecule has 0 unspecified atom stereocenters. The number of carbonyl (C=O) groups is 2. The van der Waals surface area contributed by atoms with E-state index in [1.165, 1.54) is 16.7 Å². The van der Waals surface area contributed by atoms with Gasteiger partial charge in [0.1, 0.15) is 5.75 Å². The summed E-state index contributed by atoms with van der Waals surface area (Å²) >= 11 is 7.30. The molecule has 0 aliphatic carbocycles. The fourth-order valence-corrected chi connectivity index (χ4v) is 4.36. The Morgan fingerprint density at radius 3 is 2.23 bits per heavy atom. The predicted octanol–water partition coefficient (Wildman–Crippen LogP) is 6.19. The maximum absolute atomic E-state index is 13.2. The van der Waals surface area contributed by atoms with E-state index in [2.05, 4.69) is 6.92 Å². The molecule has 0 N–H and O–H groups in total. The summed E-state index contributed by atoms with van der Waals surface area (Å²) in [6, 6.07) is 14.6. The zero-order chi connectivity index (χ0) is 21.7. The molecule has 0 bridgehead atoms. The lowest BCUT2D eigenvalue weighted by atomic mass is 10.1. The van der Waals surface area contributed by atoms with Gasteiger partial charge in [-0.25, -0.2) is 0 Å². The van der Waals surface area contributed by atoms with Crippen LogP contribution in [0.3, 0.4) is 0 Å². The molecule has 6 heteroatoms. The standard InChI is InChI=1S/C24H26ClNO3S/c1-4-5-6-15-26-23(27)21(17-7-11-19(12-8-17)29-16(2)3)22(24(26)28)30-20-13-9-18(25)10-14-20/h7-14,16H,4-6,15H2,1-3H3. The normalized spacial score (nSPS) is 14.2. The third-order valence-corrected chi connectivity index (χ3v) is 6.00. The van der Waals surface area contributed by atoms with E-state index < -0.39 is 0 Å². The number of benzene rings is 2. The van der Waals surface area contributed by atoms with Crippen molar-refractivity contribution in [2.75, 3.05) is 6.54 Å². The maximum Gasteiger partial charge on any atom is 0.268 e. The number of nitrogens with zero attached hydrogens (tertiary/aromatic N) is 1. The van der Waals surface area contributed by atoms with E-state index in [-0.39, 0.29) is 17.9 Å². The minimum Gasteiger partial charge on any atom is -0.491 e. The summed E-state index contributed by atoms with van der Waals surface area (Å²) in [7, 11) is 0. The van der Waals surface area contributed by atoms with Gasteiger partial charge in [0, 0.05) is 16.5 Å². The van der Waals surface area contributed by atoms with Gasteiger partial charge in [0.2, 0.25) is 0 Å². The molecule has 1 heterocycles. The highest BCUT2D eigenvalue weighted by molar-refractivity contribution is 8.04. The molecule has 2 aromatic rings. The van der Waals surface area contributed by atoms with Crippen LogP contribution in [0.25, 0.3) is 5.57 Å².